The molecule has 2 aromatic heterocycles. The highest BCUT2D eigenvalue weighted by Gasteiger charge is 2.20. The standard InChI is InChI=1S/C19H20ClN3O2/c1-13(2)18-17(19(24)21-9-8-16-7-4-10-25-16)12-22-23(18)15-6-3-5-14(20)11-15/h3-7,10-13H,8-9H2,1-2H3,(H,21,24). The van der Waals surface area contributed by atoms with Gasteiger partial charge in [-0.25, -0.2) is 4.68 Å². The number of furan rings is 1. The van der Waals surface area contributed by atoms with Crippen LogP contribution in [0.3, 0.4) is 0 Å². The number of hydrogen-bond acceptors (Lipinski definition) is 3. The topological polar surface area (TPSA) is 60.1 Å². The second-order valence-corrected chi connectivity index (χ2v) is 6.51. The van der Waals surface area contributed by atoms with Gasteiger partial charge in [-0.1, -0.05) is 31.5 Å². The smallest absolute Gasteiger partial charge is 0.254 e. The molecule has 1 N–H and O–H groups in total. The second kappa shape index (κ2) is 7.57. The lowest BCUT2D eigenvalue weighted by atomic mass is 10.0. The maximum absolute atomic E-state index is 12.6. The zero-order valence-corrected chi connectivity index (χ0v) is 15.0. The zero-order chi connectivity index (χ0) is 17.8. The molecule has 0 bridgehead atoms. The zero-order valence-electron chi connectivity index (χ0n) is 14.2. The fourth-order valence-corrected chi connectivity index (χ4v) is 2.94. The first kappa shape index (κ1) is 17.3. The minimum absolute atomic E-state index is 0.132. The molecule has 1 aromatic carbocycles. The van der Waals surface area contributed by atoms with Crippen molar-refractivity contribution in [1.29, 1.82) is 0 Å². The lowest BCUT2D eigenvalue weighted by Crippen LogP contribution is -2.26. The van der Waals surface area contributed by atoms with Crippen LogP contribution in [0.5, 0.6) is 0 Å². The average Bonchev–Trinajstić information content (AvgIpc) is 3.24. The minimum Gasteiger partial charge on any atom is -0.469 e. The van der Waals surface area contributed by atoms with Crippen molar-refractivity contribution >= 4 is 17.5 Å². The van der Waals surface area contributed by atoms with E-state index in [2.05, 4.69) is 10.4 Å². The summed E-state index contributed by atoms with van der Waals surface area (Å²) in [5, 5.41) is 7.97. The lowest BCUT2D eigenvalue weighted by Gasteiger charge is -2.13. The van der Waals surface area contributed by atoms with Crippen LogP contribution in [0.1, 0.15) is 41.6 Å². The third-order valence-corrected chi connectivity index (χ3v) is 4.12. The van der Waals surface area contributed by atoms with Gasteiger partial charge in [-0.3, -0.25) is 4.79 Å². The van der Waals surface area contributed by atoms with Crippen molar-refractivity contribution in [1.82, 2.24) is 15.1 Å². The van der Waals surface area contributed by atoms with Crippen molar-refractivity contribution in [3.05, 3.63) is 70.9 Å². The van der Waals surface area contributed by atoms with Gasteiger partial charge in [0.05, 0.1) is 29.4 Å². The van der Waals surface area contributed by atoms with Gasteiger partial charge in [0, 0.05) is 18.0 Å². The van der Waals surface area contributed by atoms with E-state index in [4.69, 9.17) is 16.0 Å². The van der Waals surface area contributed by atoms with Gasteiger partial charge < -0.3 is 9.73 Å². The Labute approximate surface area is 151 Å². The van der Waals surface area contributed by atoms with Crippen LogP contribution in [0.4, 0.5) is 0 Å². The van der Waals surface area contributed by atoms with E-state index in [1.165, 1.54) is 0 Å². The first-order valence-corrected chi connectivity index (χ1v) is 8.58. The number of benzene rings is 1. The largest absolute Gasteiger partial charge is 0.469 e. The molecular weight excluding hydrogens is 338 g/mol. The molecule has 5 nitrogen and oxygen atoms in total. The molecule has 1 amide bonds. The van der Waals surface area contributed by atoms with E-state index in [-0.39, 0.29) is 11.8 Å². The van der Waals surface area contributed by atoms with Crippen molar-refractivity contribution in [3.63, 3.8) is 0 Å². The lowest BCUT2D eigenvalue weighted by molar-refractivity contribution is 0.0952. The van der Waals surface area contributed by atoms with Crippen molar-refractivity contribution in [2.45, 2.75) is 26.2 Å². The Morgan fingerprint density at radius 3 is 2.84 bits per heavy atom. The number of carbonyl (C=O) groups excluding carboxylic acids is 1. The summed E-state index contributed by atoms with van der Waals surface area (Å²) in [6, 6.07) is 11.2. The number of aromatic nitrogens is 2. The van der Waals surface area contributed by atoms with E-state index in [0.717, 1.165) is 17.1 Å². The van der Waals surface area contributed by atoms with E-state index in [1.807, 2.05) is 50.2 Å². The van der Waals surface area contributed by atoms with Crippen LogP contribution in [-0.4, -0.2) is 22.2 Å². The summed E-state index contributed by atoms with van der Waals surface area (Å²) in [7, 11) is 0. The third kappa shape index (κ3) is 3.94. The van der Waals surface area contributed by atoms with Gasteiger partial charge in [-0.15, -0.1) is 0 Å². The number of amides is 1. The van der Waals surface area contributed by atoms with Gasteiger partial charge in [0.2, 0.25) is 0 Å². The Bertz CT molecular complexity index is 853. The Morgan fingerprint density at radius 1 is 1.32 bits per heavy atom. The van der Waals surface area contributed by atoms with E-state index in [9.17, 15) is 4.79 Å². The van der Waals surface area contributed by atoms with Crippen molar-refractivity contribution < 1.29 is 9.21 Å². The number of nitrogens with one attached hydrogen (secondary N) is 1. The van der Waals surface area contributed by atoms with E-state index >= 15 is 0 Å². The molecule has 0 saturated carbocycles. The third-order valence-electron chi connectivity index (χ3n) is 3.89. The molecule has 0 saturated heterocycles. The molecule has 3 rings (SSSR count). The van der Waals surface area contributed by atoms with Crippen molar-refractivity contribution in [2.24, 2.45) is 0 Å². The van der Waals surface area contributed by atoms with Gasteiger partial charge in [0.15, 0.2) is 0 Å². The van der Waals surface area contributed by atoms with Crippen LogP contribution >= 0.6 is 11.6 Å². The molecule has 0 fully saturated rings. The van der Waals surface area contributed by atoms with Crippen LogP contribution in [0.2, 0.25) is 5.02 Å². The number of rotatable bonds is 6. The molecule has 0 spiro atoms. The van der Waals surface area contributed by atoms with Crippen LogP contribution in [-0.2, 0) is 6.42 Å². The summed E-state index contributed by atoms with van der Waals surface area (Å²) in [5.41, 5.74) is 2.28. The summed E-state index contributed by atoms with van der Waals surface area (Å²) in [6.45, 7) is 4.58. The molecule has 0 aliphatic rings. The number of hydrogen-bond donors (Lipinski definition) is 1. The Balaban J connectivity index is 1.80. The van der Waals surface area contributed by atoms with Crippen molar-refractivity contribution in [3.8, 4) is 5.69 Å². The van der Waals surface area contributed by atoms with E-state index in [0.29, 0.717) is 23.6 Å². The summed E-state index contributed by atoms with van der Waals surface area (Å²) >= 11 is 6.08. The van der Waals surface area contributed by atoms with Crippen LogP contribution in [0.15, 0.2) is 53.3 Å². The van der Waals surface area contributed by atoms with Gasteiger partial charge >= 0.3 is 0 Å². The fourth-order valence-electron chi connectivity index (χ4n) is 2.75. The molecule has 0 aliphatic heterocycles. The molecule has 3 aromatic rings. The van der Waals surface area contributed by atoms with Crippen LogP contribution in [0, 0.1) is 0 Å². The molecule has 2 heterocycles. The summed E-state index contributed by atoms with van der Waals surface area (Å²) in [5.74, 6) is 0.842. The van der Waals surface area contributed by atoms with Crippen molar-refractivity contribution in [2.75, 3.05) is 6.54 Å². The molecule has 0 radical (unpaired) electrons. The summed E-state index contributed by atoms with van der Waals surface area (Å²) < 4.78 is 7.05. The highest BCUT2D eigenvalue weighted by molar-refractivity contribution is 6.30. The van der Waals surface area contributed by atoms with E-state index < -0.39 is 0 Å². The molecule has 130 valence electrons. The Morgan fingerprint density at radius 2 is 2.16 bits per heavy atom. The number of nitrogens with zero attached hydrogens (tertiary/aromatic N) is 2. The predicted octanol–water partition coefficient (Wildman–Crippen LogP) is 4.21. The Kier molecular flexibility index (Phi) is 5.24. The maximum atomic E-state index is 12.6. The van der Waals surface area contributed by atoms with Gasteiger partial charge in [0.25, 0.3) is 5.91 Å². The quantitative estimate of drug-likeness (QED) is 0.718. The van der Waals surface area contributed by atoms with Crippen LogP contribution in [0.25, 0.3) is 5.69 Å². The van der Waals surface area contributed by atoms with E-state index in [1.54, 1.807) is 17.1 Å². The molecular formula is C19H20ClN3O2. The molecule has 25 heavy (non-hydrogen) atoms. The Hall–Kier alpha value is -2.53. The maximum Gasteiger partial charge on any atom is 0.254 e. The number of carbonyl (C=O) groups is 1. The second-order valence-electron chi connectivity index (χ2n) is 6.08. The van der Waals surface area contributed by atoms with Gasteiger partial charge in [-0.2, -0.15) is 5.10 Å². The fraction of sp³-hybridized carbons (Fsp3) is 0.263. The number of halogens is 1. The SMILES string of the molecule is CC(C)c1c(C(=O)NCCc2ccco2)cnn1-c1cccc(Cl)c1. The van der Waals surface area contributed by atoms with Crippen LogP contribution < -0.4 is 5.32 Å². The highest BCUT2D eigenvalue weighted by Crippen LogP contribution is 2.24. The predicted molar refractivity (Wildman–Crippen MR) is 97.4 cm³/mol. The molecule has 6 heteroatoms. The summed E-state index contributed by atoms with van der Waals surface area (Å²) in [6.07, 6.45) is 3.89. The minimum atomic E-state index is -0.136. The normalized spacial score (nSPS) is 11.0. The average molecular weight is 358 g/mol. The molecule has 0 aliphatic carbocycles. The molecule has 0 atom stereocenters. The summed E-state index contributed by atoms with van der Waals surface area (Å²) in [4.78, 5) is 12.6. The van der Waals surface area contributed by atoms with Gasteiger partial charge in [0.1, 0.15) is 5.76 Å². The first-order chi connectivity index (χ1) is 12.1. The first-order valence-electron chi connectivity index (χ1n) is 8.20. The molecule has 0 unspecified atom stereocenters. The monoisotopic (exact) mass is 357 g/mol. The van der Waals surface area contributed by atoms with Gasteiger partial charge in [-0.05, 0) is 36.2 Å². The highest BCUT2D eigenvalue weighted by atomic mass is 35.5.